The molecule has 2 aromatic carbocycles. The Morgan fingerprint density at radius 2 is 1.88 bits per heavy atom. The number of likely N-dealkylation sites (tertiary alicyclic amines) is 1. The molecule has 3 rings (SSSR count). The third-order valence-electron chi connectivity index (χ3n) is 4.71. The molecule has 138 valence electrons. The maximum atomic E-state index is 12.6. The molecule has 1 aliphatic rings. The van der Waals surface area contributed by atoms with Gasteiger partial charge in [0.25, 0.3) is 15.9 Å². The first-order chi connectivity index (χ1) is 12.4. The number of carbonyl (C=O) groups excluding carboxylic acids is 1. The highest BCUT2D eigenvalue weighted by Gasteiger charge is 2.28. The minimum absolute atomic E-state index is 0.0635. The minimum Gasteiger partial charge on any atom is -0.334 e. The quantitative estimate of drug-likeness (QED) is 0.841. The zero-order valence-corrected chi connectivity index (χ0v) is 15.5. The van der Waals surface area contributed by atoms with E-state index in [4.69, 9.17) is 5.73 Å². The van der Waals surface area contributed by atoms with Crippen LogP contribution in [0.5, 0.6) is 0 Å². The van der Waals surface area contributed by atoms with E-state index in [9.17, 15) is 13.2 Å². The van der Waals surface area contributed by atoms with Gasteiger partial charge in [-0.15, -0.1) is 0 Å². The zero-order chi connectivity index (χ0) is 18.7. The summed E-state index contributed by atoms with van der Waals surface area (Å²) in [4.78, 5) is 14.5. The summed E-state index contributed by atoms with van der Waals surface area (Å²) in [6.07, 6.45) is 1.86. The molecule has 1 fully saturated rings. The van der Waals surface area contributed by atoms with E-state index in [1.807, 2.05) is 19.1 Å². The summed E-state index contributed by atoms with van der Waals surface area (Å²) in [5, 5.41) is 0. The number of carbonyl (C=O) groups is 1. The number of sulfonamides is 1. The summed E-state index contributed by atoms with van der Waals surface area (Å²) in [5.74, 6) is -0.103. The predicted molar refractivity (Wildman–Crippen MR) is 102 cm³/mol. The topological polar surface area (TPSA) is 92.5 Å². The van der Waals surface area contributed by atoms with Crippen LogP contribution in [0.3, 0.4) is 0 Å². The van der Waals surface area contributed by atoms with E-state index in [1.165, 1.54) is 12.1 Å². The highest BCUT2D eigenvalue weighted by atomic mass is 32.2. The number of aryl methyl sites for hydroxylation is 1. The second-order valence-corrected chi connectivity index (χ2v) is 8.16. The summed E-state index contributed by atoms with van der Waals surface area (Å²) in [6, 6.07) is 13.3. The normalized spacial score (nSPS) is 17.3. The van der Waals surface area contributed by atoms with Crippen LogP contribution in [0, 0.1) is 6.92 Å². The van der Waals surface area contributed by atoms with Crippen molar-refractivity contribution in [3.8, 4) is 0 Å². The molecule has 6 nitrogen and oxygen atoms in total. The van der Waals surface area contributed by atoms with Crippen molar-refractivity contribution in [2.24, 2.45) is 5.73 Å². The number of nitrogens with two attached hydrogens (primary N) is 1. The molecule has 0 radical (unpaired) electrons. The Hall–Kier alpha value is -2.38. The zero-order valence-electron chi connectivity index (χ0n) is 14.7. The molecule has 1 amide bonds. The lowest BCUT2D eigenvalue weighted by atomic mass is 10.1. The van der Waals surface area contributed by atoms with Crippen LogP contribution in [0.15, 0.2) is 53.4 Å². The fourth-order valence-electron chi connectivity index (χ4n) is 3.18. The van der Waals surface area contributed by atoms with Gasteiger partial charge in [0, 0.05) is 24.7 Å². The molecule has 1 heterocycles. The van der Waals surface area contributed by atoms with E-state index in [-0.39, 0.29) is 16.8 Å². The molecule has 7 heteroatoms. The average molecular weight is 373 g/mol. The smallest absolute Gasteiger partial charge is 0.261 e. The molecule has 1 aliphatic heterocycles. The Kier molecular flexibility index (Phi) is 5.29. The van der Waals surface area contributed by atoms with Crippen LogP contribution in [-0.4, -0.2) is 38.4 Å². The van der Waals surface area contributed by atoms with E-state index in [1.54, 1.807) is 29.2 Å². The molecule has 1 unspecified atom stereocenters. The molecule has 0 spiro atoms. The van der Waals surface area contributed by atoms with Crippen molar-refractivity contribution >= 4 is 21.6 Å². The van der Waals surface area contributed by atoms with Crippen molar-refractivity contribution in [2.45, 2.75) is 30.7 Å². The first kappa shape index (κ1) is 18.4. The van der Waals surface area contributed by atoms with Crippen molar-refractivity contribution in [3.05, 3.63) is 59.7 Å². The lowest BCUT2D eigenvalue weighted by Gasteiger charge is -2.23. The summed E-state index contributed by atoms with van der Waals surface area (Å²) in [5.41, 5.74) is 7.57. The molecule has 2 aromatic rings. The van der Waals surface area contributed by atoms with Crippen LogP contribution in [-0.2, 0) is 10.0 Å². The molecular formula is C19H23N3O3S. The average Bonchev–Trinajstić information content (AvgIpc) is 3.12. The number of anilines is 1. The first-order valence-corrected chi connectivity index (χ1v) is 10.1. The van der Waals surface area contributed by atoms with Crippen molar-refractivity contribution in [1.29, 1.82) is 0 Å². The van der Waals surface area contributed by atoms with Crippen LogP contribution in [0.1, 0.15) is 28.8 Å². The van der Waals surface area contributed by atoms with Gasteiger partial charge in [0.1, 0.15) is 0 Å². The Morgan fingerprint density at radius 1 is 1.19 bits per heavy atom. The number of hydrogen-bond donors (Lipinski definition) is 2. The van der Waals surface area contributed by atoms with Crippen molar-refractivity contribution in [1.82, 2.24) is 4.90 Å². The van der Waals surface area contributed by atoms with Crippen LogP contribution in [0.25, 0.3) is 0 Å². The Balaban J connectivity index is 1.78. The van der Waals surface area contributed by atoms with Gasteiger partial charge in [0.05, 0.1) is 10.6 Å². The van der Waals surface area contributed by atoms with Gasteiger partial charge in [0.2, 0.25) is 0 Å². The van der Waals surface area contributed by atoms with Crippen molar-refractivity contribution in [2.75, 3.05) is 17.8 Å². The number of rotatable bonds is 5. The summed E-state index contributed by atoms with van der Waals surface area (Å²) in [7, 11) is -3.71. The number of benzene rings is 2. The van der Waals surface area contributed by atoms with Gasteiger partial charge in [-0.05, 0) is 55.7 Å². The monoisotopic (exact) mass is 373 g/mol. The number of hydrogen-bond acceptors (Lipinski definition) is 4. The fourth-order valence-corrected chi connectivity index (χ4v) is 4.31. The molecule has 0 saturated carbocycles. The lowest BCUT2D eigenvalue weighted by Crippen LogP contribution is -2.39. The Morgan fingerprint density at radius 3 is 2.54 bits per heavy atom. The van der Waals surface area contributed by atoms with Gasteiger partial charge in [-0.3, -0.25) is 9.52 Å². The second kappa shape index (κ2) is 7.47. The van der Waals surface area contributed by atoms with Crippen LogP contribution in [0.4, 0.5) is 5.69 Å². The third kappa shape index (κ3) is 3.73. The van der Waals surface area contributed by atoms with E-state index in [0.717, 1.165) is 18.4 Å². The van der Waals surface area contributed by atoms with Gasteiger partial charge in [-0.25, -0.2) is 8.42 Å². The molecule has 0 bridgehead atoms. The molecule has 1 saturated heterocycles. The number of para-hydroxylation sites is 1. The van der Waals surface area contributed by atoms with Gasteiger partial charge < -0.3 is 10.6 Å². The lowest BCUT2D eigenvalue weighted by molar-refractivity contribution is 0.0741. The Bertz CT molecular complexity index is 895. The molecule has 0 aromatic heterocycles. The van der Waals surface area contributed by atoms with Crippen LogP contribution >= 0.6 is 0 Å². The van der Waals surface area contributed by atoms with Gasteiger partial charge >= 0.3 is 0 Å². The van der Waals surface area contributed by atoms with Crippen molar-refractivity contribution < 1.29 is 13.2 Å². The largest absolute Gasteiger partial charge is 0.334 e. The number of nitrogens with zero attached hydrogens (tertiary/aromatic N) is 1. The van der Waals surface area contributed by atoms with Crippen LogP contribution < -0.4 is 10.5 Å². The second-order valence-electron chi connectivity index (χ2n) is 6.48. The predicted octanol–water partition coefficient (Wildman–Crippen LogP) is 2.36. The number of nitrogens with one attached hydrogen (secondary N) is 1. The van der Waals surface area contributed by atoms with E-state index in [0.29, 0.717) is 24.3 Å². The van der Waals surface area contributed by atoms with Gasteiger partial charge in [0.15, 0.2) is 0 Å². The maximum Gasteiger partial charge on any atom is 0.261 e. The van der Waals surface area contributed by atoms with Crippen LogP contribution in [0.2, 0.25) is 0 Å². The summed E-state index contributed by atoms with van der Waals surface area (Å²) < 4.78 is 27.7. The third-order valence-corrected chi connectivity index (χ3v) is 6.09. The molecule has 1 atom stereocenters. The van der Waals surface area contributed by atoms with Gasteiger partial charge in [-0.2, -0.15) is 0 Å². The Labute approximate surface area is 154 Å². The molecule has 26 heavy (non-hydrogen) atoms. The standard InChI is InChI=1S/C19H23N3O3S/c1-14-5-2-3-7-18(14)21-26(24,25)17-10-8-15(9-11-17)19(23)22-12-4-6-16(22)13-20/h2-3,5,7-11,16,21H,4,6,12-13,20H2,1H3. The fraction of sp³-hybridized carbons (Fsp3) is 0.316. The molecular weight excluding hydrogens is 350 g/mol. The molecule has 3 N–H and O–H groups in total. The highest BCUT2D eigenvalue weighted by Crippen LogP contribution is 2.22. The first-order valence-electron chi connectivity index (χ1n) is 8.62. The SMILES string of the molecule is Cc1ccccc1NS(=O)(=O)c1ccc(C(=O)N2CCCC2CN)cc1. The van der Waals surface area contributed by atoms with E-state index < -0.39 is 10.0 Å². The number of amides is 1. The maximum absolute atomic E-state index is 12.6. The molecule has 0 aliphatic carbocycles. The van der Waals surface area contributed by atoms with E-state index in [2.05, 4.69) is 4.72 Å². The summed E-state index contributed by atoms with van der Waals surface area (Å²) >= 11 is 0. The van der Waals surface area contributed by atoms with E-state index >= 15 is 0 Å². The minimum atomic E-state index is -3.71. The highest BCUT2D eigenvalue weighted by molar-refractivity contribution is 7.92. The summed E-state index contributed by atoms with van der Waals surface area (Å²) in [6.45, 7) is 2.97. The van der Waals surface area contributed by atoms with Gasteiger partial charge in [-0.1, -0.05) is 18.2 Å². The van der Waals surface area contributed by atoms with Crippen molar-refractivity contribution in [3.63, 3.8) is 0 Å².